The average Bonchev–Trinajstić information content (AvgIpc) is 2.87. The van der Waals surface area contributed by atoms with Gasteiger partial charge >= 0.3 is 0 Å². The van der Waals surface area contributed by atoms with E-state index in [1.807, 2.05) is 23.9 Å². The zero-order valence-electron chi connectivity index (χ0n) is 8.73. The van der Waals surface area contributed by atoms with Crippen LogP contribution in [0.15, 0.2) is 22.1 Å². The number of halogens is 2. The summed E-state index contributed by atoms with van der Waals surface area (Å²) in [7, 11) is 0. The Bertz CT molecular complexity index is 468. The van der Waals surface area contributed by atoms with E-state index in [0.29, 0.717) is 0 Å². The van der Waals surface area contributed by atoms with E-state index >= 15 is 0 Å². The Morgan fingerprint density at radius 3 is 3.00 bits per heavy atom. The van der Waals surface area contributed by atoms with E-state index in [1.54, 1.807) is 11.3 Å². The van der Waals surface area contributed by atoms with Crippen molar-refractivity contribution in [2.75, 3.05) is 0 Å². The quantitative estimate of drug-likeness (QED) is 0.801. The Morgan fingerprint density at radius 1 is 1.56 bits per heavy atom. The highest BCUT2D eigenvalue weighted by Gasteiger charge is 2.10. The van der Waals surface area contributed by atoms with Crippen LogP contribution in [0, 0.1) is 0 Å². The van der Waals surface area contributed by atoms with E-state index in [2.05, 4.69) is 32.3 Å². The van der Waals surface area contributed by atoms with Crippen LogP contribution in [0.5, 0.6) is 0 Å². The minimum atomic E-state index is -0.0381. The first-order chi connectivity index (χ1) is 7.69. The summed E-state index contributed by atoms with van der Waals surface area (Å²) in [6.45, 7) is 2.78. The molecule has 0 spiro atoms. The molecule has 86 valence electrons. The minimum Gasteiger partial charge on any atom is -0.247 e. The second-order valence-corrected chi connectivity index (χ2v) is 6.50. The van der Waals surface area contributed by atoms with Crippen LogP contribution < -0.4 is 0 Å². The summed E-state index contributed by atoms with van der Waals surface area (Å²) in [6, 6.07) is 4.11. The molecule has 2 rings (SSSR count). The SMILES string of the molecule is CCC(Cl)c1cn(Cc2ccc(Br)s2)nn1. The summed E-state index contributed by atoms with van der Waals surface area (Å²) < 4.78 is 2.95. The zero-order chi connectivity index (χ0) is 11.5. The fourth-order valence-electron chi connectivity index (χ4n) is 1.34. The fraction of sp³-hybridized carbons (Fsp3) is 0.400. The molecular formula is C10H11BrClN3S. The van der Waals surface area contributed by atoms with E-state index in [-0.39, 0.29) is 5.38 Å². The molecule has 2 aromatic heterocycles. The van der Waals surface area contributed by atoms with Crippen LogP contribution in [0.4, 0.5) is 0 Å². The molecule has 0 aliphatic carbocycles. The number of thiophene rings is 1. The van der Waals surface area contributed by atoms with Gasteiger partial charge in [0, 0.05) is 4.88 Å². The highest BCUT2D eigenvalue weighted by Crippen LogP contribution is 2.24. The smallest absolute Gasteiger partial charge is 0.101 e. The summed E-state index contributed by atoms with van der Waals surface area (Å²) in [5.41, 5.74) is 0.847. The lowest BCUT2D eigenvalue weighted by Gasteiger charge is -1.99. The summed E-state index contributed by atoms with van der Waals surface area (Å²) in [5.74, 6) is 0. The maximum absolute atomic E-state index is 6.09. The molecule has 0 aliphatic heterocycles. The fourth-order valence-corrected chi connectivity index (χ4v) is 2.92. The van der Waals surface area contributed by atoms with Crippen LogP contribution in [0.3, 0.4) is 0 Å². The Kier molecular flexibility index (Phi) is 4.00. The van der Waals surface area contributed by atoms with Gasteiger partial charge in [-0.15, -0.1) is 28.0 Å². The van der Waals surface area contributed by atoms with Crippen molar-refractivity contribution in [1.82, 2.24) is 15.0 Å². The van der Waals surface area contributed by atoms with Gasteiger partial charge in [-0.05, 0) is 34.5 Å². The molecule has 16 heavy (non-hydrogen) atoms. The van der Waals surface area contributed by atoms with E-state index in [9.17, 15) is 0 Å². The van der Waals surface area contributed by atoms with Crippen molar-refractivity contribution in [3.63, 3.8) is 0 Å². The molecule has 0 saturated heterocycles. The number of nitrogens with zero attached hydrogens (tertiary/aromatic N) is 3. The molecule has 0 fully saturated rings. The summed E-state index contributed by atoms with van der Waals surface area (Å²) >= 11 is 11.2. The van der Waals surface area contributed by atoms with Crippen LogP contribution in [0.25, 0.3) is 0 Å². The second-order valence-electron chi connectivity index (χ2n) is 3.42. The third-order valence-corrected chi connectivity index (χ3v) is 4.32. The monoisotopic (exact) mass is 319 g/mol. The first-order valence-electron chi connectivity index (χ1n) is 4.97. The highest BCUT2D eigenvalue weighted by atomic mass is 79.9. The standard InChI is InChI=1S/C10H11BrClN3S/c1-2-8(12)9-6-15(14-13-9)5-7-3-4-10(11)16-7/h3-4,6,8H,2,5H2,1H3. The molecule has 0 bridgehead atoms. The van der Waals surface area contributed by atoms with Gasteiger partial charge in [0.25, 0.3) is 0 Å². The molecule has 2 heterocycles. The molecule has 1 unspecified atom stereocenters. The Balaban J connectivity index is 2.08. The molecule has 1 atom stereocenters. The lowest BCUT2D eigenvalue weighted by molar-refractivity contribution is 0.655. The number of rotatable bonds is 4. The molecular weight excluding hydrogens is 310 g/mol. The van der Waals surface area contributed by atoms with Gasteiger partial charge in [0.2, 0.25) is 0 Å². The van der Waals surface area contributed by atoms with Crippen LogP contribution in [0.1, 0.15) is 29.3 Å². The number of hydrogen-bond donors (Lipinski definition) is 0. The average molecular weight is 321 g/mol. The molecule has 0 amide bonds. The molecule has 0 saturated carbocycles. The molecule has 0 aliphatic rings. The largest absolute Gasteiger partial charge is 0.247 e. The summed E-state index contributed by atoms with van der Waals surface area (Å²) in [4.78, 5) is 1.24. The van der Waals surface area contributed by atoms with Crippen LogP contribution >= 0.6 is 38.9 Å². The summed E-state index contributed by atoms with van der Waals surface area (Å²) in [5, 5.41) is 8.09. The third kappa shape index (κ3) is 2.84. The van der Waals surface area contributed by atoms with Crippen molar-refractivity contribution in [2.45, 2.75) is 25.3 Å². The van der Waals surface area contributed by atoms with Gasteiger partial charge in [0.15, 0.2) is 0 Å². The highest BCUT2D eigenvalue weighted by molar-refractivity contribution is 9.11. The first kappa shape index (κ1) is 12.1. The summed E-state index contributed by atoms with van der Waals surface area (Å²) in [6.07, 6.45) is 2.78. The van der Waals surface area contributed by atoms with E-state index in [4.69, 9.17) is 11.6 Å². The molecule has 6 heteroatoms. The minimum absolute atomic E-state index is 0.0381. The van der Waals surface area contributed by atoms with Gasteiger partial charge in [-0.1, -0.05) is 12.1 Å². The molecule has 2 aromatic rings. The third-order valence-electron chi connectivity index (χ3n) is 2.18. The van der Waals surface area contributed by atoms with E-state index < -0.39 is 0 Å². The number of hydrogen-bond acceptors (Lipinski definition) is 3. The van der Waals surface area contributed by atoms with Crippen LogP contribution in [0.2, 0.25) is 0 Å². The van der Waals surface area contributed by atoms with Crippen molar-refractivity contribution >= 4 is 38.9 Å². The van der Waals surface area contributed by atoms with Gasteiger partial charge < -0.3 is 0 Å². The Labute approximate surface area is 112 Å². The van der Waals surface area contributed by atoms with Gasteiger partial charge in [-0.2, -0.15) is 0 Å². The van der Waals surface area contributed by atoms with Crippen molar-refractivity contribution in [1.29, 1.82) is 0 Å². The van der Waals surface area contributed by atoms with Gasteiger partial charge in [-0.3, -0.25) is 0 Å². The predicted molar refractivity (Wildman–Crippen MR) is 70.0 cm³/mol. The number of alkyl halides is 1. The maximum Gasteiger partial charge on any atom is 0.101 e. The first-order valence-corrected chi connectivity index (χ1v) is 7.02. The predicted octanol–water partition coefficient (Wildman–Crippen LogP) is 3.84. The zero-order valence-corrected chi connectivity index (χ0v) is 11.9. The topological polar surface area (TPSA) is 30.7 Å². The van der Waals surface area contributed by atoms with Gasteiger partial charge in [-0.25, -0.2) is 4.68 Å². The molecule has 0 N–H and O–H groups in total. The van der Waals surface area contributed by atoms with Crippen molar-refractivity contribution in [3.05, 3.63) is 32.7 Å². The normalized spacial score (nSPS) is 12.9. The van der Waals surface area contributed by atoms with Crippen LogP contribution in [-0.4, -0.2) is 15.0 Å². The molecule has 3 nitrogen and oxygen atoms in total. The van der Waals surface area contributed by atoms with Gasteiger partial charge in [0.05, 0.1) is 21.9 Å². The lowest BCUT2D eigenvalue weighted by Crippen LogP contribution is -1.98. The Morgan fingerprint density at radius 2 is 2.38 bits per heavy atom. The van der Waals surface area contributed by atoms with Crippen molar-refractivity contribution < 1.29 is 0 Å². The van der Waals surface area contributed by atoms with Gasteiger partial charge in [0.1, 0.15) is 5.69 Å². The second kappa shape index (κ2) is 5.29. The molecule has 0 aromatic carbocycles. The van der Waals surface area contributed by atoms with E-state index in [1.165, 1.54) is 4.88 Å². The number of aromatic nitrogens is 3. The molecule has 0 radical (unpaired) electrons. The Hall–Kier alpha value is -0.390. The van der Waals surface area contributed by atoms with Crippen molar-refractivity contribution in [2.24, 2.45) is 0 Å². The van der Waals surface area contributed by atoms with Crippen LogP contribution in [-0.2, 0) is 6.54 Å². The lowest BCUT2D eigenvalue weighted by atomic mass is 10.3. The van der Waals surface area contributed by atoms with E-state index in [0.717, 1.165) is 22.4 Å². The van der Waals surface area contributed by atoms with Crippen molar-refractivity contribution in [3.8, 4) is 0 Å². The maximum atomic E-state index is 6.09.